The summed E-state index contributed by atoms with van der Waals surface area (Å²) in [5, 5.41) is 12.0. The van der Waals surface area contributed by atoms with E-state index in [2.05, 4.69) is 51.8 Å². The van der Waals surface area contributed by atoms with Gasteiger partial charge in [0.15, 0.2) is 0 Å². The van der Waals surface area contributed by atoms with Crippen molar-refractivity contribution in [1.82, 2.24) is 24.9 Å². The van der Waals surface area contributed by atoms with Crippen molar-refractivity contribution in [2.75, 3.05) is 13.1 Å². The van der Waals surface area contributed by atoms with E-state index in [1.54, 1.807) is 0 Å². The van der Waals surface area contributed by atoms with Gasteiger partial charge in [-0.3, -0.25) is 14.7 Å². The van der Waals surface area contributed by atoms with Crippen molar-refractivity contribution in [2.24, 2.45) is 0 Å². The molecule has 3 rings (SSSR count). The summed E-state index contributed by atoms with van der Waals surface area (Å²) in [6, 6.07) is 0. The van der Waals surface area contributed by atoms with E-state index in [0.29, 0.717) is 5.92 Å². The van der Waals surface area contributed by atoms with Gasteiger partial charge in [0.1, 0.15) is 0 Å². The van der Waals surface area contributed by atoms with Crippen LogP contribution in [0.15, 0.2) is 12.4 Å². The van der Waals surface area contributed by atoms with Crippen molar-refractivity contribution < 1.29 is 0 Å². The van der Waals surface area contributed by atoms with Crippen LogP contribution in [-0.4, -0.2) is 38.0 Å². The van der Waals surface area contributed by atoms with Crippen LogP contribution in [0, 0.1) is 13.8 Å². The second kappa shape index (κ2) is 6.65. The highest BCUT2D eigenvalue weighted by molar-refractivity contribution is 5.21. The average Bonchev–Trinajstić information content (AvgIpc) is 3.19. The zero-order valence-corrected chi connectivity index (χ0v) is 14.0. The Morgan fingerprint density at radius 3 is 2.95 bits per heavy atom. The number of nitrogens with one attached hydrogen (secondary N) is 1. The monoisotopic (exact) mass is 301 g/mol. The molecular formula is C17H27N5. The van der Waals surface area contributed by atoms with E-state index >= 15 is 0 Å². The average molecular weight is 301 g/mol. The molecule has 0 spiro atoms. The first kappa shape index (κ1) is 15.3. The fourth-order valence-electron chi connectivity index (χ4n) is 3.37. The lowest BCUT2D eigenvalue weighted by atomic mass is 10.0. The number of hydrogen-bond donors (Lipinski definition) is 1. The van der Waals surface area contributed by atoms with E-state index in [4.69, 9.17) is 0 Å². The minimum absolute atomic E-state index is 0.595. The summed E-state index contributed by atoms with van der Waals surface area (Å²) in [7, 11) is 0. The first-order valence-electron chi connectivity index (χ1n) is 8.42. The maximum absolute atomic E-state index is 4.65. The molecule has 0 bridgehead atoms. The van der Waals surface area contributed by atoms with Crippen LogP contribution in [0.3, 0.4) is 0 Å². The van der Waals surface area contributed by atoms with E-state index < -0.39 is 0 Å². The minimum Gasteiger partial charge on any atom is -0.298 e. The lowest BCUT2D eigenvalue weighted by molar-refractivity contribution is 0.325. The van der Waals surface area contributed by atoms with Gasteiger partial charge in [0.05, 0.1) is 11.9 Å². The summed E-state index contributed by atoms with van der Waals surface area (Å²) < 4.78 is 2.11. The molecular weight excluding hydrogens is 274 g/mol. The van der Waals surface area contributed by atoms with E-state index in [1.807, 2.05) is 6.20 Å². The van der Waals surface area contributed by atoms with Crippen molar-refractivity contribution >= 4 is 0 Å². The molecule has 0 unspecified atom stereocenters. The molecule has 5 nitrogen and oxygen atoms in total. The van der Waals surface area contributed by atoms with Gasteiger partial charge < -0.3 is 0 Å². The molecule has 1 fully saturated rings. The van der Waals surface area contributed by atoms with Crippen LogP contribution < -0.4 is 0 Å². The van der Waals surface area contributed by atoms with Gasteiger partial charge in [0.2, 0.25) is 0 Å². The van der Waals surface area contributed by atoms with Gasteiger partial charge in [0.25, 0.3) is 0 Å². The van der Waals surface area contributed by atoms with Crippen LogP contribution in [0.2, 0.25) is 0 Å². The predicted octanol–water partition coefficient (Wildman–Crippen LogP) is 3.01. The molecule has 2 aromatic rings. The van der Waals surface area contributed by atoms with Gasteiger partial charge in [-0.15, -0.1) is 0 Å². The molecule has 1 saturated heterocycles. The highest BCUT2D eigenvalue weighted by Crippen LogP contribution is 2.28. The Morgan fingerprint density at radius 1 is 1.36 bits per heavy atom. The number of rotatable bonds is 6. The molecule has 1 aliphatic heterocycles. The molecule has 1 aliphatic rings. The largest absolute Gasteiger partial charge is 0.298 e. The molecule has 0 saturated carbocycles. The smallest absolute Gasteiger partial charge is 0.0638 e. The van der Waals surface area contributed by atoms with Crippen LogP contribution in [-0.2, 0) is 13.1 Å². The van der Waals surface area contributed by atoms with Crippen LogP contribution >= 0.6 is 0 Å². The maximum Gasteiger partial charge on any atom is 0.0638 e. The molecule has 5 heteroatoms. The second-order valence-corrected chi connectivity index (χ2v) is 6.54. The van der Waals surface area contributed by atoms with Crippen LogP contribution in [0.25, 0.3) is 0 Å². The van der Waals surface area contributed by atoms with Crippen molar-refractivity contribution in [3.63, 3.8) is 0 Å². The van der Waals surface area contributed by atoms with Gasteiger partial charge in [-0.25, -0.2) is 0 Å². The standard InChI is InChI=1S/C17H27N5/c1-4-5-7-22-12-16(14(3)20-22)11-21-8-6-15(10-21)17-13(2)9-18-19-17/h9,12,15H,4-8,10-11H2,1-3H3,(H,18,19)/t15-/m1/s1. The third-order valence-corrected chi connectivity index (χ3v) is 4.73. The molecule has 0 aromatic carbocycles. The number of unbranched alkanes of at least 4 members (excludes halogenated alkanes) is 1. The Balaban J connectivity index is 1.60. The molecule has 0 aliphatic carbocycles. The number of aromatic amines is 1. The number of aromatic nitrogens is 4. The Morgan fingerprint density at radius 2 is 2.23 bits per heavy atom. The summed E-state index contributed by atoms with van der Waals surface area (Å²) in [5.74, 6) is 0.595. The topological polar surface area (TPSA) is 49.7 Å². The Labute approximate surface area is 132 Å². The first-order valence-corrected chi connectivity index (χ1v) is 8.42. The lowest BCUT2D eigenvalue weighted by Gasteiger charge is -2.15. The van der Waals surface area contributed by atoms with E-state index in [9.17, 15) is 0 Å². The fraction of sp³-hybridized carbons (Fsp3) is 0.647. The number of H-pyrrole nitrogens is 1. The number of likely N-dealkylation sites (tertiary alicyclic amines) is 1. The fourth-order valence-corrected chi connectivity index (χ4v) is 3.37. The summed E-state index contributed by atoms with van der Waals surface area (Å²) in [6.07, 6.45) is 7.79. The molecule has 3 heterocycles. The maximum atomic E-state index is 4.65. The number of aryl methyl sites for hydroxylation is 3. The van der Waals surface area contributed by atoms with Crippen molar-refractivity contribution in [1.29, 1.82) is 0 Å². The quantitative estimate of drug-likeness (QED) is 0.892. The van der Waals surface area contributed by atoms with Gasteiger partial charge in [-0.2, -0.15) is 10.2 Å². The first-order chi connectivity index (χ1) is 10.7. The summed E-state index contributed by atoms with van der Waals surface area (Å²) >= 11 is 0. The summed E-state index contributed by atoms with van der Waals surface area (Å²) in [6.45, 7) is 10.8. The van der Waals surface area contributed by atoms with Gasteiger partial charge in [-0.1, -0.05) is 13.3 Å². The van der Waals surface area contributed by atoms with E-state index in [-0.39, 0.29) is 0 Å². The van der Waals surface area contributed by atoms with Crippen molar-refractivity contribution in [2.45, 2.75) is 59.0 Å². The second-order valence-electron chi connectivity index (χ2n) is 6.54. The zero-order chi connectivity index (χ0) is 15.5. The molecule has 0 amide bonds. The molecule has 2 aromatic heterocycles. The Bertz CT molecular complexity index is 612. The lowest BCUT2D eigenvalue weighted by Crippen LogP contribution is -2.20. The molecule has 1 N–H and O–H groups in total. The molecule has 22 heavy (non-hydrogen) atoms. The van der Waals surface area contributed by atoms with Crippen molar-refractivity contribution in [3.8, 4) is 0 Å². The van der Waals surface area contributed by atoms with Crippen LogP contribution in [0.5, 0.6) is 0 Å². The van der Waals surface area contributed by atoms with Crippen molar-refractivity contribution in [3.05, 3.63) is 34.9 Å². The number of hydrogen-bond acceptors (Lipinski definition) is 3. The predicted molar refractivity (Wildman–Crippen MR) is 87.8 cm³/mol. The van der Waals surface area contributed by atoms with E-state index in [0.717, 1.165) is 26.2 Å². The number of nitrogens with zero attached hydrogens (tertiary/aromatic N) is 4. The van der Waals surface area contributed by atoms with Crippen LogP contribution in [0.1, 0.15) is 54.6 Å². The normalized spacial score (nSPS) is 19.1. The van der Waals surface area contributed by atoms with Gasteiger partial charge in [-0.05, 0) is 38.8 Å². The highest BCUT2D eigenvalue weighted by Gasteiger charge is 2.26. The van der Waals surface area contributed by atoms with Crippen LogP contribution in [0.4, 0.5) is 0 Å². The van der Waals surface area contributed by atoms with E-state index in [1.165, 1.54) is 41.8 Å². The Kier molecular flexibility index (Phi) is 4.62. The highest BCUT2D eigenvalue weighted by atomic mass is 15.3. The SMILES string of the molecule is CCCCn1cc(CN2CC[C@@H](c3[nH]ncc3C)C2)c(C)n1. The molecule has 1 atom stereocenters. The minimum atomic E-state index is 0.595. The third-order valence-electron chi connectivity index (χ3n) is 4.73. The van der Waals surface area contributed by atoms with Gasteiger partial charge in [0, 0.05) is 43.0 Å². The summed E-state index contributed by atoms with van der Waals surface area (Å²) in [5.41, 5.74) is 5.16. The molecule has 0 radical (unpaired) electrons. The zero-order valence-electron chi connectivity index (χ0n) is 14.0. The third kappa shape index (κ3) is 3.24. The Hall–Kier alpha value is -1.62. The van der Waals surface area contributed by atoms with Gasteiger partial charge >= 0.3 is 0 Å². The molecule has 120 valence electrons. The summed E-state index contributed by atoms with van der Waals surface area (Å²) in [4.78, 5) is 2.54.